The third kappa shape index (κ3) is 9.33. The third-order valence-corrected chi connectivity index (χ3v) is 4.80. The first-order valence-corrected chi connectivity index (χ1v) is 11.0. The van der Waals surface area contributed by atoms with Crippen molar-refractivity contribution >= 4 is 41.7 Å². The molecule has 1 rings (SSSR count). The summed E-state index contributed by atoms with van der Waals surface area (Å²) >= 11 is 0. The highest BCUT2D eigenvalue weighted by Crippen LogP contribution is 2.37. The lowest BCUT2D eigenvalue weighted by Gasteiger charge is -2.48. The Balaban J connectivity index is 3.83. The zero-order valence-corrected chi connectivity index (χ0v) is 21.5. The highest BCUT2D eigenvalue weighted by Gasteiger charge is 2.60. The van der Waals surface area contributed by atoms with Crippen molar-refractivity contribution in [1.29, 1.82) is 0 Å². The van der Waals surface area contributed by atoms with Gasteiger partial charge in [-0.15, -0.1) is 0 Å². The molecule has 1 N–H and O–H groups in total. The van der Waals surface area contributed by atoms with E-state index in [-0.39, 0.29) is 0 Å². The highest BCUT2D eigenvalue weighted by molar-refractivity contribution is 5.82. The molecule has 0 aromatic heterocycles. The quantitative estimate of drug-likeness (QED) is 0.267. The molecule has 1 aliphatic rings. The van der Waals surface area contributed by atoms with E-state index in [1.54, 1.807) is 0 Å². The van der Waals surface area contributed by atoms with Gasteiger partial charge in [-0.05, 0) is 0 Å². The van der Waals surface area contributed by atoms with E-state index in [4.69, 9.17) is 33.2 Å². The summed E-state index contributed by atoms with van der Waals surface area (Å²) in [6, 6.07) is -1.35. The first-order chi connectivity index (χ1) is 17.1. The molecule has 1 amide bonds. The Kier molecular flexibility index (Phi) is 11.4. The van der Waals surface area contributed by atoms with E-state index in [2.05, 4.69) is 5.32 Å². The second kappa shape index (κ2) is 13.5. The zero-order valence-electron chi connectivity index (χ0n) is 21.5. The van der Waals surface area contributed by atoms with Crippen molar-refractivity contribution in [3.63, 3.8) is 0 Å². The van der Waals surface area contributed by atoms with Crippen LogP contribution in [0, 0.1) is 0 Å². The van der Waals surface area contributed by atoms with E-state index in [0.29, 0.717) is 0 Å². The molecule has 1 fully saturated rings. The number of amides is 1. The smallest absolute Gasteiger partial charge is 0.379 e. The average molecular weight is 533 g/mol. The largest absolute Gasteiger partial charge is 0.464 e. The molecular formula is C22H31NO14. The predicted molar refractivity (Wildman–Crippen MR) is 117 cm³/mol. The lowest BCUT2D eigenvalue weighted by Crippen LogP contribution is -2.69. The van der Waals surface area contributed by atoms with Crippen LogP contribution in [0.15, 0.2) is 0 Å². The molecule has 37 heavy (non-hydrogen) atoms. The van der Waals surface area contributed by atoms with E-state index < -0.39 is 91.0 Å². The van der Waals surface area contributed by atoms with Gasteiger partial charge in [0.25, 0.3) is 0 Å². The molecule has 0 aromatic rings. The van der Waals surface area contributed by atoms with Gasteiger partial charge in [-0.3, -0.25) is 28.8 Å². The molecule has 0 spiro atoms. The molecule has 1 saturated heterocycles. The van der Waals surface area contributed by atoms with Crippen LogP contribution in [0.5, 0.6) is 0 Å². The van der Waals surface area contributed by atoms with Crippen LogP contribution in [0.1, 0.15) is 48.0 Å². The van der Waals surface area contributed by atoms with Crippen LogP contribution >= 0.6 is 0 Å². The second-order valence-corrected chi connectivity index (χ2v) is 8.02. The fourth-order valence-electron chi connectivity index (χ4n) is 3.74. The van der Waals surface area contributed by atoms with Crippen LogP contribution in [0.4, 0.5) is 0 Å². The van der Waals surface area contributed by atoms with Crippen molar-refractivity contribution in [3.8, 4) is 0 Å². The van der Waals surface area contributed by atoms with Crippen molar-refractivity contribution in [2.24, 2.45) is 0 Å². The maximum atomic E-state index is 12.8. The van der Waals surface area contributed by atoms with Crippen LogP contribution < -0.4 is 5.32 Å². The zero-order chi connectivity index (χ0) is 28.5. The maximum absolute atomic E-state index is 12.8. The minimum absolute atomic E-state index is 0.630. The number of nitrogens with one attached hydrogen (secondary N) is 1. The topological polar surface area (TPSA) is 196 Å². The van der Waals surface area contributed by atoms with Crippen LogP contribution in [-0.2, 0) is 66.7 Å². The van der Waals surface area contributed by atoms with Gasteiger partial charge in [-0.1, -0.05) is 0 Å². The number of esters is 6. The average Bonchev–Trinajstić information content (AvgIpc) is 2.74. The van der Waals surface area contributed by atoms with Gasteiger partial charge in [0.05, 0.1) is 19.6 Å². The van der Waals surface area contributed by atoms with E-state index >= 15 is 0 Å². The van der Waals surface area contributed by atoms with Gasteiger partial charge in [0.15, 0.2) is 12.2 Å². The van der Waals surface area contributed by atoms with E-state index in [9.17, 15) is 33.6 Å². The summed E-state index contributed by atoms with van der Waals surface area (Å²) in [5.74, 6) is -8.84. The predicted octanol–water partition coefficient (Wildman–Crippen LogP) is -0.929. The Morgan fingerprint density at radius 1 is 0.865 bits per heavy atom. The molecule has 1 aliphatic heterocycles. The van der Waals surface area contributed by atoms with Crippen LogP contribution in [0.3, 0.4) is 0 Å². The lowest BCUT2D eigenvalue weighted by atomic mass is 9.88. The molecule has 0 aromatic carbocycles. The Hall–Kier alpha value is -3.75. The molecule has 0 radical (unpaired) electrons. The Bertz CT molecular complexity index is 917. The summed E-state index contributed by atoms with van der Waals surface area (Å²) in [7, 11) is 0.971. The standard InChI is InChI=1S/C22H31NO14/c1-10(24)23-18-16(33-12(3)26)8-22(21(30)31-7,36-15(6)29)37-20(18)19(35-14(5)28)17(34-13(4)27)9-32-11(2)25/h16-20H,8-9H2,1-7H3,(H,23,24)/t16-,17+,18-,19+,20+,22-/m0/s1. The minimum Gasteiger partial charge on any atom is -0.464 e. The van der Waals surface area contributed by atoms with Gasteiger partial charge in [0.2, 0.25) is 5.91 Å². The lowest BCUT2D eigenvalue weighted by molar-refractivity contribution is -0.304. The van der Waals surface area contributed by atoms with Gasteiger partial charge in [-0.2, -0.15) is 0 Å². The minimum atomic E-state index is -2.54. The van der Waals surface area contributed by atoms with Gasteiger partial charge >= 0.3 is 41.6 Å². The monoisotopic (exact) mass is 533 g/mol. The molecule has 0 aliphatic carbocycles. The molecular weight excluding hydrogens is 502 g/mol. The van der Waals surface area contributed by atoms with Crippen molar-refractivity contribution in [2.45, 2.75) is 84.2 Å². The molecule has 15 heteroatoms. The van der Waals surface area contributed by atoms with E-state index in [1.807, 2.05) is 0 Å². The number of hydrogen-bond acceptors (Lipinski definition) is 14. The van der Waals surface area contributed by atoms with Crippen LogP contribution in [0.2, 0.25) is 0 Å². The molecule has 1 heterocycles. The van der Waals surface area contributed by atoms with Crippen molar-refractivity contribution in [3.05, 3.63) is 0 Å². The number of carbonyl (C=O) groups excluding carboxylic acids is 7. The Morgan fingerprint density at radius 3 is 1.89 bits per heavy atom. The summed E-state index contributed by atoms with van der Waals surface area (Å²) in [6.45, 7) is 5.60. The number of carbonyl (C=O) groups is 7. The van der Waals surface area contributed by atoms with Gasteiger partial charge in [0, 0.05) is 41.5 Å². The molecule has 15 nitrogen and oxygen atoms in total. The highest BCUT2D eigenvalue weighted by atomic mass is 16.8. The second-order valence-electron chi connectivity index (χ2n) is 8.02. The first kappa shape index (κ1) is 31.3. The fraction of sp³-hybridized carbons (Fsp3) is 0.682. The van der Waals surface area contributed by atoms with Crippen molar-refractivity contribution in [2.75, 3.05) is 13.7 Å². The summed E-state index contributed by atoms with van der Waals surface area (Å²) in [5.41, 5.74) is 0. The fourth-order valence-corrected chi connectivity index (χ4v) is 3.74. The molecule has 0 unspecified atom stereocenters. The van der Waals surface area contributed by atoms with Crippen molar-refractivity contribution < 1.29 is 66.7 Å². The SMILES string of the molecule is COC(=O)[C@]1(OC(C)=O)C[C@H](OC(C)=O)[C@H](NC(C)=O)[C@H]([C@H](OC(C)=O)[C@@H](COC(C)=O)OC(C)=O)O1. The van der Waals surface area contributed by atoms with Crippen molar-refractivity contribution in [1.82, 2.24) is 5.32 Å². The Morgan fingerprint density at radius 2 is 1.46 bits per heavy atom. The normalized spacial score (nSPS) is 24.4. The number of hydrogen-bond donors (Lipinski definition) is 1. The van der Waals surface area contributed by atoms with Gasteiger partial charge < -0.3 is 38.5 Å². The molecule has 208 valence electrons. The molecule has 6 atom stereocenters. The summed E-state index contributed by atoms with van der Waals surface area (Å²) < 4.78 is 36.6. The number of rotatable bonds is 10. The van der Waals surface area contributed by atoms with E-state index in [1.165, 1.54) is 0 Å². The summed E-state index contributed by atoms with van der Waals surface area (Å²) in [4.78, 5) is 84.1. The van der Waals surface area contributed by atoms with Gasteiger partial charge in [-0.25, -0.2) is 4.79 Å². The Labute approximate surface area is 212 Å². The molecule has 0 bridgehead atoms. The van der Waals surface area contributed by atoms with Crippen LogP contribution in [-0.4, -0.2) is 91.7 Å². The van der Waals surface area contributed by atoms with Crippen LogP contribution in [0.25, 0.3) is 0 Å². The first-order valence-electron chi connectivity index (χ1n) is 11.0. The summed E-state index contributed by atoms with van der Waals surface area (Å²) in [6.07, 6.45) is -6.98. The third-order valence-electron chi connectivity index (χ3n) is 4.80. The van der Waals surface area contributed by atoms with Gasteiger partial charge in [0.1, 0.15) is 18.8 Å². The van der Waals surface area contributed by atoms with E-state index in [0.717, 1.165) is 48.7 Å². The maximum Gasteiger partial charge on any atom is 0.379 e. The number of methoxy groups -OCH3 is 1. The number of ether oxygens (including phenoxy) is 7. The molecule has 0 saturated carbocycles. The summed E-state index contributed by atoms with van der Waals surface area (Å²) in [5, 5.41) is 2.49.